The summed E-state index contributed by atoms with van der Waals surface area (Å²) < 4.78 is 0. The third kappa shape index (κ3) is 1.83. The van der Waals surface area contributed by atoms with Crippen LogP contribution in [0.5, 0.6) is 0 Å². The van der Waals surface area contributed by atoms with Gasteiger partial charge in [0.1, 0.15) is 5.69 Å². The molecule has 0 spiro atoms. The van der Waals surface area contributed by atoms with Crippen molar-refractivity contribution in [2.75, 3.05) is 6.61 Å². The molecule has 1 rings (SSSR count). The summed E-state index contributed by atoms with van der Waals surface area (Å²) in [4.78, 5) is 0. The minimum absolute atomic E-state index is 0.219. The molecular weight excluding hydrogens is 126 g/mol. The van der Waals surface area contributed by atoms with Crippen LogP contribution in [0, 0.1) is 0 Å². The van der Waals surface area contributed by atoms with Crippen molar-refractivity contribution in [2.24, 2.45) is 0 Å². The third-order valence-corrected chi connectivity index (χ3v) is 1.42. The summed E-state index contributed by atoms with van der Waals surface area (Å²) in [5.41, 5.74) is 5.94. The second kappa shape index (κ2) is 3.34. The van der Waals surface area contributed by atoms with E-state index in [0.29, 0.717) is 0 Å². The zero-order valence-electron chi connectivity index (χ0n) is 5.88. The molecule has 0 aliphatic rings. The molecule has 0 unspecified atom stereocenters. The molecule has 2 heteroatoms. The molecule has 0 bridgehead atoms. The Morgan fingerprint density at radius 3 is 2.30 bits per heavy atom. The first kappa shape index (κ1) is 7.25. The van der Waals surface area contributed by atoms with Gasteiger partial charge in [-0.05, 0) is 24.1 Å². The fourth-order valence-corrected chi connectivity index (χ4v) is 0.835. The molecular formula is C8H12NO+. The molecule has 0 saturated carbocycles. The van der Waals surface area contributed by atoms with E-state index < -0.39 is 0 Å². The van der Waals surface area contributed by atoms with Crippen LogP contribution < -0.4 is 5.73 Å². The average Bonchev–Trinajstić information content (AvgIpc) is 1.95. The van der Waals surface area contributed by atoms with Gasteiger partial charge in [-0.25, -0.2) is 0 Å². The Labute approximate surface area is 60.3 Å². The van der Waals surface area contributed by atoms with Crippen molar-refractivity contribution < 1.29 is 10.8 Å². The monoisotopic (exact) mass is 138 g/mol. The Morgan fingerprint density at radius 2 is 1.80 bits per heavy atom. The van der Waals surface area contributed by atoms with Crippen molar-refractivity contribution in [3.8, 4) is 0 Å². The Bertz CT molecular complexity index is 193. The summed E-state index contributed by atoms with van der Waals surface area (Å²) in [5, 5.41) is 8.57. The van der Waals surface area contributed by atoms with E-state index in [1.165, 1.54) is 0 Å². The lowest BCUT2D eigenvalue weighted by Gasteiger charge is -1.95. The first-order valence-electron chi connectivity index (χ1n) is 3.34. The summed E-state index contributed by atoms with van der Waals surface area (Å²) in [6.45, 7) is 0.219. The van der Waals surface area contributed by atoms with Crippen LogP contribution in [-0.2, 0) is 6.42 Å². The first-order chi connectivity index (χ1) is 4.83. The van der Waals surface area contributed by atoms with Crippen molar-refractivity contribution in [2.45, 2.75) is 6.42 Å². The van der Waals surface area contributed by atoms with Crippen LogP contribution in [-0.4, -0.2) is 11.7 Å². The van der Waals surface area contributed by atoms with Gasteiger partial charge in [-0.1, -0.05) is 12.1 Å². The summed E-state index contributed by atoms with van der Waals surface area (Å²) in [5.74, 6) is 0. The van der Waals surface area contributed by atoms with Crippen molar-refractivity contribution in [3.63, 3.8) is 0 Å². The summed E-state index contributed by atoms with van der Waals surface area (Å²) in [6, 6.07) is 7.87. The van der Waals surface area contributed by atoms with Crippen LogP contribution in [0.1, 0.15) is 5.56 Å². The normalized spacial score (nSPS) is 9.80. The Kier molecular flexibility index (Phi) is 2.42. The zero-order chi connectivity index (χ0) is 7.40. The molecule has 1 aromatic rings. The highest BCUT2D eigenvalue weighted by atomic mass is 16.2. The maximum atomic E-state index is 8.57. The maximum absolute atomic E-state index is 8.57. The van der Waals surface area contributed by atoms with E-state index in [2.05, 4.69) is 5.73 Å². The highest BCUT2D eigenvalue weighted by Crippen LogP contribution is 2.03. The lowest BCUT2D eigenvalue weighted by molar-refractivity contribution is -0.254. The molecule has 0 saturated heterocycles. The van der Waals surface area contributed by atoms with Crippen LogP contribution in [0.25, 0.3) is 0 Å². The van der Waals surface area contributed by atoms with Gasteiger partial charge >= 0.3 is 0 Å². The molecule has 4 N–H and O–H groups in total. The van der Waals surface area contributed by atoms with Crippen LogP contribution in [0.2, 0.25) is 0 Å². The summed E-state index contributed by atoms with van der Waals surface area (Å²) in [7, 11) is 0. The predicted molar refractivity (Wildman–Crippen MR) is 39.8 cm³/mol. The van der Waals surface area contributed by atoms with Crippen LogP contribution in [0.4, 0.5) is 5.69 Å². The van der Waals surface area contributed by atoms with Crippen molar-refractivity contribution >= 4 is 5.69 Å². The SMILES string of the molecule is [NH3+]c1ccc(CCO)cc1. The third-order valence-electron chi connectivity index (χ3n) is 1.42. The fourth-order valence-electron chi connectivity index (χ4n) is 0.835. The van der Waals surface area contributed by atoms with Crippen molar-refractivity contribution in [1.29, 1.82) is 0 Å². The van der Waals surface area contributed by atoms with Crippen LogP contribution in [0.3, 0.4) is 0 Å². The summed E-state index contributed by atoms with van der Waals surface area (Å²) >= 11 is 0. The Balaban J connectivity index is 2.69. The molecule has 10 heavy (non-hydrogen) atoms. The molecule has 0 radical (unpaired) electrons. The van der Waals surface area contributed by atoms with E-state index in [9.17, 15) is 0 Å². The number of rotatable bonds is 2. The van der Waals surface area contributed by atoms with Crippen molar-refractivity contribution in [1.82, 2.24) is 0 Å². The maximum Gasteiger partial charge on any atom is 0.127 e. The molecule has 0 fully saturated rings. The summed E-state index contributed by atoms with van der Waals surface area (Å²) in [6.07, 6.45) is 0.736. The Hall–Kier alpha value is -0.860. The Morgan fingerprint density at radius 1 is 1.20 bits per heavy atom. The number of aliphatic hydroxyl groups excluding tert-OH is 1. The first-order valence-corrected chi connectivity index (χ1v) is 3.34. The smallest absolute Gasteiger partial charge is 0.127 e. The zero-order valence-corrected chi connectivity index (χ0v) is 5.88. The quantitative estimate of drug-likeness (QED) is 0.598. The van der Waals surface area contributed by atoms with E-state index >= 15 is 0 Å². The number of quaternary nitrogens is 1. The minimum Gasteiger partial charge on any atom is -0.396 e. The largest absolute Gasteiger partial charge is 0.396 e. The van der Waals surface area contributed by atoms with Gasteiger partial charge in [-0.15, -0.1) is 0 Å². The molecule has 0 amide bonds. The van der Waals surface area contributed by atoms with Gasteiger partial charge in [0.05, 0.1) is 0 Å². The highest BCUT2D eigenvalue weighted by Gasteiger charge is 1.90. The van der Waals surface area contributed by atoms with Gasteiger partial charge in [0.25, 0.3) is 0 Å². The molecule has 2 nitrogen and oxygen atoms in total. The standard InChI is InChI=1S/C8H11NO/c9-8-3-1-7(2-4-8)5-6-10/h1-4,10H,5-6,9H2/p+1. The number of benzene rings is 1. The minimum atomic E-state index is 0.219. The van der Waals surface area contributed by atoms with E-state index in [0.717, 1.165) is 17.7 Å². The molecule has 0 aliphatic carbocycles. The van der Waals surface area contributed by atoms with E-state index in [4.69, 9.17) is 5.11 Å². The molecule has 0 aromatic heterocycles. The van der Waals surface area contributed by atoms with Crippen molar-refractivity contribution in [3.05, 3.63) is 29.8 Å². The van der Waals surface area contributed by atoms with Gasteiger partial charge in [-0.2, -0.15) is 0 Å². The van der Waals surface area contributed by atoms with Gasteiger partial charge < -0.3 is 10.8 Å². The highest BCUT2D eigenvalue weighted by molar-refractivity contribution is 5.31. The lowest BCUT2D eigenvalue weighted by atomic mass is 10.1. The lowest BCUT2D eigenvalue weighted by Crippen LogP contribution is -2.39. The molecule has 0 atom stereocenters. The molecule has 0 aliphatic heterocycles. The average molecular weight is 138 g/mol. The number of hydrogen-bond acceptors (Lipinski definition) is 1. The second-order valence-corrected chi connectivity index (χ2v) is 2.29. The van der Waals surface area contributed by atoms with Crippen LogP contribution >= 0.6 is 0 Å². The van der Waals surface area contributed by atoms with Gasteiger partial charge in [0.2, 0.25) is 0 Å². The number of hydrogen-bond donors (Lipinski definition) is 2. The van der Waals surface area contributed by atoms with Crippen LogP contribution in [0.15, 0.2) is 24.3 Å². The molecule has 54 valence electrons. The van der Waals surface area contributed by atoms with E-state index in [1.807, 2.05) is 24.3 Å². The van der Waals surface area contributed by atoms with Gasteiger partial charge in [0, 0.05) is 6.61 Å². The number of aliphatic hydroxyl groups is 1. The molecule has 1 aromatic carbocycles. The molecule has 0 heterocycles. The second-order valence-electron chi connectivity index (χ2n) is 2.29. The van der Waals surface area contributed by atoms with E-state index in [-0.39, 0.29) is 6.61 Å². The predicted octanol–water partition coefficient (Wildman–Crippen LogP) is 0.0948. The topological polar surface area (TPSA) is 47.9 Å². The fraction of sp³-hybridized carbons (Fsp3) is 0.250. The van der Waals surface area contributed by atoms with Gasteiger partial charge in [-0.3, -0.25) is 0 Å². The van der Waals surface area contributed by atoms with Gasteiger partial charge in [0.15, 0.2) is 0 Å². The van der Waals surface area contributed by atoms with E-state index in [1.54, 1.807) is 0 Å².